The van der Waals surface area contributed by atoms with Crippen LogP contribution in [-0.2, 0) is 16.6 Å². The number of hydrogen-bond donors (Lipinski definition) is 1. The molecule has 1 aliphatic carbocycles. The van der Waals surface area contributed by atoms with Crippen LogP contribution in [0, 0.1) is 5.92 Å². The maximum Gasteiger partial charge on any atom is 0.225 e. The maximum absolute atomic E-state index is 12.2. The highest BCUT2D eigenvalue weighted by molar-refractivity contribution is 7.99. The number of carbonyl (C=O) groups is 2. The van der Waals surface area contributed by atoms with Crippen molar-refractivity contribution in [3.05, 3.63) is 6.33 Å². The monoisotopic (exact) mass is 337 g/mol. The average molecular weight is 337 g/mol. The molecule has 0 spiro atoms. The molecular formula is C15H23N5O2S. The summed E-state index contributed by atoms with van der Waals surface area (Å²) < 4.78 is 1.85. The second-order valence-corrected chi connectivity index (χ2v) is 7.31. The highest BCUT2D eigenvalue weighted by Crippen LogP contribution is 2.29. The first-order valence-corrected chi connectivity index (χ1v) is 9.17. The third-order valence-corrected chi connectivity index (χ3v) is 5.63. The van der Waals surface area contributed by atoms with Gasteiger partial charge in [-0.1, -0.05) is 24.6 Å². The van der Waals surface area contributed by atoms with E-state index in [2.05, 4.69) is 15.5 Å². The van der Waals surface area contributed by atoms with Gasteiger partial charge in [-0.25, -0.2) is 0 Å². The first-order chi connectivity index (χ1) is 11.1. The second kappa shape index (κ2) is 7.33. The van der Waals surface area contributed by atoms with Crippen molar-refractivity contribution in [2.45, 2.75) is 43.3 Å². The van der Waals surface area contributed by atoms with Gasteiger partial charge in [-0.2, -0.15) is 0 Å². The third-order valence-electron chi connectivity index (χ3n) is 4.60. The summed E-state index contributed by atoms with van der Waals surface area (Å²) >= 11 is 1.56. The zero-order chi connectivity index (χ0) is 16.2. The van der Waals surface area contributed by atoms with Crippen LogP contribution in [0.1, 0.15) is 32.1 Å². The lowest BCUT2D eigenvalue weighted by atomic mass is 10.1. The molecule has 1 saturated carbocycles. The van der Waals surface area contributed by atoms with Gasteiger partial charge < -0.3 is 14.8 Å². The van der Waals surface area contributed by atoms with Crippen LogP contribution in [0.2, 0.25) is 0 Å². The molecule has 0 unspecified atom stereocenters. The van der Waals surface area contributed by atoms with E-state index in [0.717, 1.165) is 23.8 Å². The molecule has 1 saturated heterocycles. The van der Waals surface area contributed by atoms with Crippen LogP contribution in [0.25, 0.3) is 0 Å². The molecule has 0 radical (unpaired) electrons. The number of aryl methyl sites for hydroxylation is 1. The number of nitrogens with one attached hydrogen (secondary N) is 1. The van der Waals surface area contributed by atoms with Crippen LogP contribution in [-0.4, -0.2) is 56.4 Å². The minimum absolute atomic E-state index is 0.00240. The van der Waals surface area contributed by atoms with E-state index in [1.54, 1.807) is 18.1 Å². The quantitative estimate of drug-likeness (QED) is 0.614. The van der Waals surface area contributed by atoms with Crippen molar-refractivity contribution in [1.29, 1.82) is 0 Å². The lowest BCUT2D eigenvalue weighted by Crippen LogP contribution is -2.37. The van der Waals surface area contributed by atoms with Crippen LogP contribution < -0.4 is 5.32 Å². The van der Waals surface area contributed by atoms with Gasteiger partial charge in [0.25, 0.3) is 0 Å². The van der Waals surface area contributed by atoms with Gasteiger partial charge in [-0.3, -0.25) is 9.59 Å². The van der Waals surface area contributed by atoms with E-state index in [-0.39, 0.29) is 17.7 Å². The van der Waals surface area contributed by atoms with Gasteiger partial charge in [0.1, 0.15) is 6.33 Å². The Kier molecular flexibility index (Phi) is 5.20. The molecule has 2 aliphatic rings. The Balaban J connectivity index is 1.40. The van der Waals surface area contributed by atoms with Gasteiger partial charge in [0.2, 0.25) is 11.8 Å². The molecule has 1 N–H and O–H groups in total. The Morgan fingerprint density at radius 3 is 2.91 bits per heavy atom. The highest BCUT2D eigenvalue weighted by Gasteiger charge is 2.38. The fourth-order valence-corrected chi connectivity index (χ4v) is 4.08. The average Bonchev–Trinajstić information content (AvgIpc) is 3.25. The molecule has 2 amide bonds. The largest absolute Gasteiger partial charge is 0.355 e. The number of aromatic nitrogens is 3. The SMILES string of the molecule is Cn1cnnc1SCCNC(=O)[C@@H]1CC(=O)N(C2CCCC2)C1. The van der Waals surface area contributed by atoms with Crippen LogP contribution in [0.4, 0.5) is 0 Å². The summed E-state index contributed by atoms with van der Waals surface area (Å²) in [5.74, 6) is 0.691. The fraction of sp³-hybridized carbons (Fsp3) is 0.733. The van der Waals surface area contributed by atoms with Crippen molar-refractivity contribution in [3.8, 4) is 0 Å². The van der Waals surface area contributed by atoms with Gasteiger partial charge >= 0.3 is 0 Å². The predicted octanol–water partition coefficient (Wildman–Crippen LogP) is 0.814. The maximum atomic E-state index is 12.2. The van der Waals surface area contributed by atoms with Gasteiger partial charge in [0.15, 0.2) is 5.16 Å². The van der Waals surface area contributed by atoms with Crippen molar-refractivity contribution in [2.24, 2.45) is 13.0 Å². The molecule has 2 fully saturated rings. The standard InChI is InChI=1S/C15H23N5O2S/c1-19-10-17-18-15(19)23-7-6-16-14(22)11-8-13(21)20(9-11)12-4-2-3-5-12/h10-12H,2-9H2,1H3,(H,16,22)/t11-/m1/s1. The third kappa shape index (κ3) is 3.85. The van der Waals surface area contributed by atoms with E-state index < -0.39 is 0 Å². The molecule has 1 aromatic rings. The number of likely N-dealkylation sites (tertiary alicyclic amines) is 1. The van der Waals surface area contributed by atoms with Gasteiger partial charge in [-0.05, 0) is 12.8 Å². The summed E-state index contributed by atoms with van der Waals surface area (Å²) in [6.07, 6.45) is 6.60. The van der Waals surface area contributed by atoms with Gasteiger partial charge in [0, 0.05) is 38.4 Å². The summed E-state index contributed by atoms with van der Waals surface area (Å²) in [4.78, 5) is 26.3. The van der Waals surface area contributed by atoms with Gasteiger partial charge in [0.05, 0.1) is 5.92 Å². The molecule has 0 aromatic carbocycles. The van der Waals surface area contributed by atoms with E-state index >= 15 is 0 Å². The van der Waals surface area contributed by atoms with Crippen LogP contribution in [0.15, 0.2) is 11.5 Å². The summed E-state index contributed by atoms with van der Waals surface area (Å²) in [5.41, 5.74) is 0. The van der Waals surface area contributed by atoms with E-state index in [9.17, 15) is 9.59 Å². The molecular weight excluding hydrogens is 314 g/mol. The van der Waals surface area contributed by atoms with Crippen LogP contribution in [0.5, 0.6) is 0 Å². The minimum atomic E-state index is -0.192. The van der Waals surface area contributed by atoms with Gasteiger partial charge in [-0.15, -0.1) is 10.2 Å². The number of hydrogen-bond acceptors (Lipinski definition) is 5. The van der Waals surface area contributed by atoms with E-state index in [1.165, 1.54) is 12.8 Å². The normalized spacial score (nSPS) is 22.0. The Hall–Kier alpha value is -1.57. The Morgan fingerprint density at radius 1 is 1.43 bits per heavy atom. The Bertz CT molecular complexity index is 570. The molecule has 7 nitrogen and oxygen atoms in total. The first kappa shape index (κ1) is 16.3. The lowest BCUT2D eigenvalue weighted by molar-refractivity contribution is -0.130. The van der Waals surface area contributed by atoms with Crippen LogP contribution in [0.3, 0.4) is 0 Å². The Labute approximate surface area is 140 Å². The minimum Gasteiger partial charge on any atom is -0.355 e. The topological polar surface area (TPSA) is 80.1 Å². The summed E-state index contributed by atoms with van der Waals surface area (Å²) in [6, 6.07) is 0.367. The molecule has 8 heteroatoms. The van der Waals surface area contributed by atoms with E-state index in [4.69, 9.17) is 0 Å². The molecule has 1 aromatic heterocycles. The Morgan fingerprint density at radius 2 is 2.22 bits per heavy atom. The summed E-state index contributed by atoms with van der Waals surface area (Å²) in [5, 5.41) is 11.6. The first-order valence-electron chi connectivity index (χ1n) is 8.19. The van der Waals surface area contributed by atoms with Crippen molar-refractivity contribution < 1.29 is 9.59 Å². The zero-order valence-corrected chi connectivity index (χ0v) is 14.2. The molecule has 23 heavy (non-hydrogen) atoms. The molecule has 1 aliphatic heterocycles. The molecule has 0 bridgehead atoms. The predicted molar refractivity (Wildman–Crippen MR) is 86.8 cm³/mol. The molecule has 3 rings (SSSR count). The number of carbonyl (C=O) groups excluding carboxylic acids is 2. The number of thioether (sulfide) groups is 1. The number of nitrogens with zero attached hydrogens (tertiary/aromatic N) is 4. The van der Waals surface area contributed by atoms with Crippen molar-refractivity contribution >= 4 is 23.6 Å². The smallest absolute Gasteiger partial charge is 0.225 e. The van der Waals surface area contributed by atoms with E-state index in [0.29, 0.717) is 25.6 Å². The second-order valence-electron chi connectivity index (χ2n) is 6.25. The number of amides is 2. The summed E-state index contributed by atoms with van der Waals surface area (Å²) in [7, 11) is 1.89. The van der Waals surface area contributed by atoms with Crippen molar-refractivity contribution in [2.75, 3.05) is 18.8 Å². The molecule has 2 heterocycles. The van der Waals surface area contributed by atoms with Crippen molar-refractivity contribution in [1.82, 2.24) is 25.0 Å². The van der Waals surface area contributed by atoms with Crippen LogP contribution >= 0.6 is 11.8 Å². The summed E-state index contributed by atoms with van der Waals surface area (Å²) in [6.45, 7) is 1.16. The zero-order valence-electron chi connectivity index (χ0n) is 13.4. The number of rotatable bonds is 6. The lowest BCUT2D eigenvalue weighted by Gasteiger charge is -2.23. The van der Waals surface area contributed by atoms with Crippen molar-refractivity contribution in [3.63, 3.8) is 0 Å². The molecule has 1 atom stereocenters. The molecule has 126 valence electrons. The van der Waals surface area contributed by atoms with E-state index in [1.807, 2.05) is 16.5 Å². The fourth-order valence-electron chi connectivity index (χ4n) is 3.34. The highest BCUT2D eigenvalue weighted by atomic mass is 32.2.